The molecule has 1 amide bonds. The van der Waals surface area contributed by atoms with Crippen molar-refractivity contribution in [2.24, 2.45) is 5.10 Å². The number of phenols is 1. The summed E-state index contributed by atoms with van der Waals surface area (Å²) in [6.45, 7) is 0. The summed E-state index contributed by atoms with van der Waals surface area (Å²) in [5.41, 5.74) is 2.99. The zero-order valence-electron chi connectivity index (χ0n) is 10.6. The third kappa shape index (κ3) is 3.51. The van der Waals surface area contributed by atoms with Gasteiger partial charge in [0.25, 0.3) is 0 Å². The molecule has 104 valence electrons. The van der Waals surface area contributed by atoms with Crippen LogP contribution in [0.25, 0.3) is 0 Å². The summed E-state index contributed by atoms with van der Waals surface area (Å²) >= 11 is 0. The van der Waals surface area contributed by atoms with Crippen molar-refractivity contribution in [3.05, 3.63) is 29.6 Å². The fourth-order valence-electron chi connectivity index (χ4n) is 1.39. The molecule has 1 aromatic carbocycles. The number of aromatic nitrogens is 4. The molecule has 0 atom stereocenters. The molecule has 0 radical (unpaired) electrons. The maximum Gasteiger partial charge on any atom is 0.247 e. The number of methoxy groups -OCH3 is 1. The van der Waals surface area contributed by atoms with E-state index in [1.165, 1.54) is 19.4 Å². The summed E-state index contributed by atoms with van der Waals surface area (Å²) in [6.07, 6.45) is 1.41. The van der Waals surface area contributed by atoms with Gasteiger partial charge in [0.1, 0.15) is 0 Å². The lowest BCUT2D eigenvalue weighted by atomic mass is 10.2. The zero-order valence-corrected chi connectivity index (χ0v) is 10.6. The summed E-state index contributed by atoms with van der Waals surface area (Å²) < 4.78 is 4.96. The number of hydrogen-bond acceptors (Lipinski definition) is 7. The third-order valence-electron chi connectivity index (χ3n) is 2.31. The summed E-state index contributed by atoms with van der Waals surface area (Å²) in [7, 11) is 1.45. The Kier molecular flexibility index (Phi) is 4.22. The molecule has 0 fully saturated rings. The quantitative estimate of drug-likeness (QED) is 0.504. The molecule has 2 aromatic rings. The van der Waals surface area contributed by atoms with E-state index in [9.17, 15) is 9.90 Å². The van der Waals surface area contributed by atoms with Crippen LogP contribution in [0.1, 0.15) is 11.4 Å². The van der Waals surface area contributed by atoms with E-state index < -0.39 is 0 Å². The second-order valence-electron chi connectivity index (χ2n) is 3.73. The van der Waals surface area contributed by atoms with Gasteiger partial charge in [0.15, 0.2) is 17.3 Å². The van der Waals surface area contributed by atoms with Crippen LogP contribution in [0.4, 0.5) is 0 Å². The third-order valence-corrected chi connectivity index (χ3v) is 2.31. The molecule has 0 aliphatic heterocycles. The average molecular weight is 276 g/mol. The first-order valence-corrected chi connectivity index (χ1v) is 5.60. The molecule has 0 aliphatic carbocycles. The van der Waals surface area contributed by atoms with Gasteiger partial charge in [-0.05, 0) is 23.8 Å². The molecular formula is C11H12N6O3. The molecule has 0 spiro atoms. The molecule has 1 aromatic heterocycles. The van der Waals surface area contributed by atoms with Crippen LogP contribution in [0, 0.1) is 0 Å². The lowest BCUT2D eigenvalue weighted by Crippen LogP contribution is -2.20. The fourth-order valence-corrected chi connectivity index (χ4v) is 1.39. The van der Waals surface area contributed by atoms with E-state index >= 15 is 0 Å². The minimum Gasteiger partial charge on any atom is -0.504 e. The minimum atomic E-state index is -0.367. The molecule has 2 rings (SSSR count). The highest BCUT2D eigenvalue weighted by Crippen LogP contribution is 2.25. The number of amides is 1. The van der Waals surface area contributed by atoms with Crippen molar-refractivity contribution >= 4 is 12.1 Å². The minimum absolute atomic E-state index is 0.0211. The van der Waals surface area contributed by atoms with Gasteiger partial charge in [-0.3, -0.25) is 4.79 Å². The Morgan fingerprint density at radius 3 is 3.15 bits per heavy atom. The van der Waals surface area contributed by atoms with Gasteiger partial charge in [-0.2, -0.15) is 10.3 Å². The number of aromatic hydroxyl groups is 1. The highest BCUT2D eigenvalue weighted by Gasteiger charge is 2.05. The lowest BCUT2D eigenvalue weighted by Gasteiger charge is -2.03. The van der Waals surface area contributed by atoms with Gasteiger partial charge >= 0.3 is 0 Å². The number of hydrazone groups is 1. The topological polar surface area (TPSA) is 125 Å². The Hall–Kier alpha value is -2.97. The SMILES string of the molecule is COc1cc(/C=N/NC(=O)Cc2nn[nH]n2)ccc1O. The molecule has 9 nitrogen and oxygen atoms in total. The largest absolute Gasteiger partial charge is 0.504 e. The number of carbonyl (C=O) groups is 1. The molecule has 0 unspecified atom stereocenters. The van der Waals surface area contributed by atoms with Crippen molar-refractivity contribution < 1.29 is 14.6 Å². The summed E-state index contributed by atoms with van der Waals surface area (Å²) in [5, 5.41) is 26.1. The number of ether oxygens (including phenoxy) is 1. The number of hydrogen-bond donors (Lipinski definition) is 3. The molecule has 9 heteroatoms. The Balaban J connectivity index is 1.91. The van der Waals surface area contributed by atoms with E-state index in [0.717, 1.165) is 0 Å². The highest BCUT2D eigenvalue weighted by atomic mass is 16.5. The van der Waals surface area contributed by atoms with Crippen molar-refractivity contribution in [2.45, 2.75) is 6.42 Å². The molecule has 0 saturated heterocycles. The standard InChI is InChI=1S/C11H12N6O3/c1-20-9-4-7(2-3-8(9)18)6-12-15-11(19)5-10-13-16-17-14-10/h2-4,6,18H,5H2,1H3,(H,15,19)(H,13,14,16,17)/b12-6+. The first-order chi connectivity index (χ1) is 9.69. The van der Waals surface area contributed by atoms with Gasteiger partial charge in [-0.15, -0.1) is 10.2 Å². The molecular weight excluding hydrogens is 264 g/mol. The van der Waals surface area contributed by atoms with E-state index in [4.69, 9.17) is 4.74 Å². The normalized spacial score (nSPS) is 10.7. The summed E-state index contributed by atoms with van der Waals surface area (Å²) in [6, 6.07) is 4.69. The summed E-state index contributed by atoms with van der Waals surface area (Å²) in [5.74, 6) is 0.273. The van der Waals surface area contributed by atoms with Gasteiger partial charge in [0.2, 0.25) is 5.91 Å². The number of benzene rings is 1. The van der Waals surface area contributed by atoms with Gasteiger partial charge in [-0.25, -0.2) is 5.43 Å². The van der Waals surface area contributed by atoms with E-state index in [2.05, 4.69) is 31.2 Å². The van der Waals surface area contributed by atoms with E-state index in [1.807, 2.05) is 0 Å². The number of tetrazole rings is 1. The van der Waals surface area contributed by atoms with Crippen molar-refractivity contribution in [1.82, 2.24) is 26.0 Å². The smallest absolute Gasteiger partial charge is 0.247 e. The maximum absolute atomic E-state index is 11.5. The number of aromatic amines is 1. The molecule has 0 bridgehead atoms. The number of phenolic OH excluding ortho intramolecular Hbond substituents is 1. The molecule has 1 heterocycles. The predicted octanol–water partition coefficient (Wildman–Crippen LogP) is -0.393. The molecule has 0 aliphatic rings. The first kappa shape index (κ1) is 13.5. The van der Waals surface area contributed by atoms with Gasteiger partial charge < -0.3 is 9.84 Å². The molecule has 0 saturated carbocycles. The van der Waals surface area contributed by atoms with Crippen LogP contribution in [0.5, 0.6) is 11.5 Å². The highest BCUT2D eigenvalue weighted by molar-refractivity contribution is 5.83. The number of nitrogens with zero attached hydrogens (tertiary/aromatic N) is 4. The van der Waals surface area contributed by atoms with Crippen LogP contribution in [-0.4, -0.2) is 45.0 Å². The van der Waals surface area contributed by atoms with Crippen molar-refractivity contribution in [2.75, 3.05) is 7.11 Å². The lowest BCUT2D eigenvalue weighted by molar-refractivity contribution is -0.120. The van der Waals surface area contributed by atoms with Crippen LogP contribution in [0.3, 0.4) is 0 Å². The van der Waals surface area contributed by atoms with Crippen molar-refractivity contribution in [3.8, 4) is 11.5 Å². The Morgan fingerprint density at radius 1 is 1.60 bits per heavy atom. The molecule has 3 N–H and O–H groups in total. The van der Waals surface area contributed by atoms with Crippen LogP contribution in [-0.2, 0) is 11.2 Å². The summed E-state index contributed by atoms with van der Waals surface area (Å²) in [4.78, 5) is 11.5. The van der Waals surface area contributed by atoms with Crippen LogP contribution >= 0.6 is 0 Å². The Labute approximate surface area is 113 Å². The number of rotatable bonds is 5. The van der Waals surface area contributed by atoms with Crippen LogP contribution in [0.2, 0.25) is 0 Å². The second kappa shape index (κ2) is 6.27. The number of carbonyl (C=O) groups excluding carboxylic acids is 1. The van der Waals surface area contributed by atoms with Gasteiger partial charge in [0.05, 0.1) is 19.7 Å². The average Bonchev–Trinajstić information content (AvgIpc) is 2.93. The number of nitrogens with one attached hydrogen (secondary N) is 2. The van der Waals surface area contributed by atoms with E-state index in [0.29, 0.717) is 11.3 Å². The second-order valence-corrected chi connectivity index (χ2v) is 3.73. The number of H-pyrrole nitrogens is 1. The van der Waals surface area contributed by atoms with Gasteiger partial charge in [-0.1, -0.05) is 5.21 Å². The molecule has 20 heavy (non-hydrogen) atoms. The predicted molar refractivity (Wildman–Crippen MR) is 68.3 cm³/mol. The Morgan fingerprint density at radius 2 is 2.45 bits per heavy atom. The van der Waals surface area contributed by atoms with Crippen LogP contribution < -0.4 is 10.2 Å². The zero-order chi connectivity index (χ0) is 14.4. The van der Waals surface area contributed by atoms with E-state index in [1.54, 1.807) is 12.1 Å². The van der Waals surface area contributed by atoms with Crippen molar-refractivity contribution in [3.63, 3.8) is 0 Å². The fraction of sp³-hybridized carbons (Fsp3) is 0.182. The Bertz CT molecular complexity index is 611. The van der Waals surface area contributed by atoms with Gasteiger partial charge in [0, 0.05) is 0 Å². The maximum atomic E-state index is 11.5. The monoisotopic (exact) mass is 276 g/mol. The van der Waals surface area contributed by atoms with Crippen LogP contribution in [0.15, 0.2) is 23.3 Å². The van der Waals surface area contributed by atoms with E-state index in [-0.39, 0.29) is 23.9 Å². The van der Waals surface area contributed by atoms with Crippen molar-refractivity contribution in [1.29, 1.82) is 0 Å². The first-order valence-electron chi connectivity index (χ1n) is 5.60.